The van der Waals surface area contributed by atoms with Crippen molar-refractivity contribution in [3.63, 3.8) is 0 Å². The summed E-state index contributed by atoms with van der Waals surface area (Å²) in [6.07, 6.45) is 3.01. The van der Waals surface area contributed by atoms with E-state index in [0.29, 0.717) is 13.1 Å². The van der Waals surface area contributed by atoms with E-state index in [2.05, 4.69) is 32.5 Å². The lowest BCUT2D eigenvalue weighted by Crippen LogP contribution is -2.19. The van der Waals surface area contributed by atoms with Crippen LogP contribution in [0.1, 0.15) is 20.8 Å². The topological polar surface area (TPSA) is 0 Å². The highest BCUT2D eigenvalue weighted by Gasteiger charge is 2.25. The van der Waals surface area contributed by atoms with E-state index in [1.165, 1.54) is 23.8 Å². The Morgan fingerprint density at radius 2 is 1.60 bits per heavy atom. The van der Waals surface area contributed by atoms with Crippen LogP contribution in [-0.2, 0) is 0 Å². The lowest BCUT2D eigenvalue weighted by atomic mass is 10.3. The molecule has 1 saturated heterocycles. The molecule has 0 saturated carbocycles. The largest absolute Gasteiger partial charge is 0.161 e. The predicted molar refractivity (Wildman–Crippen MR) is 53.7 cm³/mol. The molecule has 1 fully saturated rings. The molecule has 1 aliphatic rings. The summed E-state index contributed by atoms with van der Waals surface area (Å²) in [7, 11) is 0.366. The first-order valence-corrected chi connectivity index (χ1v) is 6.80. The second kappa shape index (κ2) is 3.45. The lowest BCUT2D eigenvalue weighted by Gasteiger charge is -2.34. The molecule has 0 atom stereocenters. The molecular formula is C8H17PS. The molecule has 0 aromatic carbocycles. The highest BCUT2D eigenvalue weighted by molar-refractivity contribution is 8.00. The van der Waals surface area contributed by atoms with Crippen LogP contribution < -0.4 is 0 Å². The van der Waals surface area contributed by atoms with Gasteiger partial charge in [-0.2, -0.15) is 11.8 Å². The van der Waals surface area contributed by atoms with E-state index >= 15 is 0 Å². The maximum absolute atomic E-state index is 2.40. The van der Waals surface area contributed by atoms with Crippen LogP contribution in [0.15, 0.2) is 0 Å². The minimum atomic E-state index is 0.366. The molecule has 0 aliphatic carbocycles. The van der Waals surface area contributed by atoms with Gasteiger partial charge in [-0.1, -0.05) is 28.7 Å². The van der Waals surface area contributed by atoms with Crippen molar-refractivity contribution in [3.05, 3.63) is 0 Å². The first-order valence-electron chi connectivity index (χ1n) is 3.93. The molecule has 0 spiro atoms. The summed E-state index contributed by atoms with van der Waals surface area (Å²) in [4.78, 5) is 0. The zero-order valence-corrected chi connectivity index (χ0v) is 8.89. The van der Waals surface area contributed by atoms with E-state index in [-0.39, 0.29) is 0 Å². The number of rotatable bonds is 0. The summed E-state index contributed by atoms with van der Waals surface area (Å²) >= 11 is 2.13. The molecule has 1 heterocycles. The number of hydrogen-bond acceptors (Lipinski definition) is 1. The van der Waals surface area contributed by atoms with Crippen LogP contribution in [0.25, 0.3) is 0 Å². The summed E-state index contributed by atoms with van der Waals surface area (Å²) < 4.78 is 0. The Bertz CT molecular complexity index is 100. The number of thioether (sulfide) groups is 1. The normalized spacial score (nSPS) is 23.1. The van der Waals surface area contributed by atoms with Gasteiger partial charge in [0.1, 0.15) is 0 Å². The summed E-state index contributed by atoms with van der Waals surface area (Å²) in [5.41, 5.74) is 0. The molecule has 60 valence electrons. The molecule has 1 rings (SSSR count). The van der Waals surface area contributed by atoms with Crippen molar-refractivity contribution in [3.8, 4) is 0 Å². The highest BCUT2D eigenvalue weighted by Crippen LogP contribution is 2.51. The quantitative estimate of drug-likeness (QED) is 0.511. The van der Waals surface area contributed by atoms with Crippen molar-refractivity contribution >= 4 is 19.7 Å². The van der Waals surface area contributed by atoms with Crippen LogP contribution in [0.2, 0.25) is 0 Å². The van der Waals surface area contributed by atoms with E-state index < -0.39 is 0 Å². The molecule has 0 radical (unpaired) electrons. The van der Waals surface area contributed by atoms with Crippen molar-refractivity contribution in [1.29, 1.82) is 0 Å². The van der Waals surface area contributed by atoms with Crippen LogP contribution in [0.3, 0.4) is 0 Å². The second-order valence-corrected chi connectivity index (χ2v) is 8.31. The van der Waals surface area contributed by atoms with Gasteiger partial charge in [0.15, 0.2) is 0 Å². The van der Waals surface area contributed by atoms with Crippen molar-refractivity contribution in [1.82, 2.24) is 0 Å². The van der Waals surface area contributed by atoms with Gasteiger partial charge in [-0.05, 0) is 29.0 Å². The SMILES string of the molecule is CC(C)(C)P1CCSCC1. The Morgan fingerprint density at radius 3 is 1.90 bits per heavy atom. The zero-order chi connectivity index (χ0) is 7.61. The first kappa shape index (κ1) is 8.87. The van der Waals surface area contributed by atoms with Gasteiger partial charge < -0.3 is 0 Å². The van der Waals surface area contributed by atoms with E-state index in [9.17, 15) is 0 Å². The van der Waals surface area contributed by atoms with Gasteiger partial charge in [0, 0.05) is 0 Å². The molecule has 0 unspecified atom stereocenters. The maximum atomic E-state index is 2.40. The lowest BCUT2D eigenvalue weighted by molar-refractivity contribution is 0.780. The maximum Gasteiger partial charge on any atom is -0.00278 e. The third-order valence-corrected chi connectivity index (χ3v) is 6.97. The monoisotopic (exact) mass is 176 g/mol. The van der Waals surface area contributed by atoms with Gasteiger partial charge in [0.05, 0.1) is 0 Å². The smallest absolute Gasteiger partial charge is 0.00278 e. The summed E-state index contributed by atoms with van der Waals surface area (Å²) in [6, 6.07) is 0. The van der Waals surface area contributed by atoms with Crippen molar-refractivity contribution in [2.45, 2.75) is 25.9 Å². The minimum Gasteiger partial charge on any atom is -0.161 e. The Balaban J connectivity index is 2.39. The van der Waals surface area contributed by atoms with Crippen molar-refractivity contribution in [2.24, 2.45) is 0 Å². The highest BCUT2D eigenvalue weighted by atomic mass is 32.2. The standard InChI is InChI=1S/C8H17PS/c1-8(2,3)9-4-6-10-7-5-9/h4-7H2,1-3H3. The van der Waals surface area contributed by atoms with Gasteiger partial charge in [-0.25, -0.2) is 0 Å². The molecule has 0 nitrogen and oxygen atoms in total. The Hall–Kier alpha value is 0.780. The fourth-order valence-corrected chi connectivity index (χ4v) is 5.80. The zero-order valence-electron chi connectivity index (χ0n) is 7.18. The van der Waals surface area contributed by atoms with Crippen LogP contribution in [-0.4, -0.2) is 29.0 Å². The first-order chi connectivity index (χ1) is 4.61. The predicted octanol–water partition coefficient (Wildman–Crippen LogP) is 3.01. The average Bonchev–Trinajstić information content (AvgIpc) is 1.88. The average molecular weight is 176 g/mol. The summed E-state index contributed by atoms with van der Waals surface area (Å²) in [5.74, 6) is 2.84. The van der Waals surface area contributed by atoms with Gasteiger partial charge in [0.25, 0.3) is 0 Å². The van der Waals surface area contributed by atoms with Crippen LogP contribution in [0.4, 0.5) is 0 Å². The third kappa shape index (κ3) is 2.43. The van der Waals surface area contributed by atoms with E-state index in [4.69, 9.17) is 0 Å². The minimum absolute atomic E-state index is 0.366. The van der Waals surface area contributed by atoms with Crippen LogP contribution in [0.5, 0.6) is 0 Å². The molecule has 0 bridgehead atoms. The molecular weight excluding hydrogens is 159 g/mol. The Labute approximate surface area is 69.9 Å². The van der Waals surface area contributed by atoms with E-state index in [1.807, 2.05) is 0 Å². The molecule has 0 N–H and O–H groups in total. The van der Waals surface area contributed by atoms with Gasteiger partial charge in [0.2, 0.25) is 0 Å². The molecule has 0 amide bonds. The molecule has 0 aromatic rings. The van der Waals surface area contributed by atoms with Crippen LogP contribution in [0, 0.1) is 0 Å². The molecule has 2 heteroatoms. The summed E-state index contributed by atoms with van der Waals surface area (Å²) in [6.45, 7) is 7.19. The van der Waals surface area contributed by atoms with Crippen LogP contribution >= 0.6 is 19.7 Å². The second-order valence-electron chi connectivity index (χ2n) is 3.77. The van der Waals surface area contributed by atoms with E-state index in [0.717, 1.165) is 0 Å². The molecule has 0 aromatic heterocycles. The summed E-state index contributed by atoms with van der Waals surface area (Å²) in [5, 5.41) is 0.621. The Morgan fingerprint density at radius 1 is 1.10 bits per heavy atom. The fourth-order valence-electron chi connectivity index (χ4n) is 1.23. The van der Waals surface area contributed by atoms with Gasteiger partial charge in [-0.15, -0.1) is 0 Å². The molecule has 1 aliphatic heterocycles. The third-order valence-electron chi connectivity index (χ3n) is 1.96. The number of hydrogen-bond donors (Lipinski definition) is 0. The Kier molecular flexibility index (Phi) is 3.06. The van der Waals surface area contributed by atoms with Gasteiger partial charge >= 0.3 is 0 Å². The van der Waals surface area contributed by atoms with Crippen molar-refractivity contribution < 1.29 is 0 Å². The van der Waals surface area contributed by atoms with Gasteiger partial charge in [-0.3, -0.25) is 0 Å². The van der Waals surface area contributed by atoms with E-state index in [1.54, 1.807) is 0 Å². The molecule has 10 heavy (non-hydrogen) atoms. The van der Waals surface area contributed by atoms with Crippen molar-refractivity contribution in [2.75, 3.05) is 23.8 Å². The fraction of sp³-hybridized carbons (Fsp3) is 1.00.